The van der Waals surface area contributed by atoms with Crippen LogP contribution in [-0.4, -0.2) is 40.8 Å². The van der Waals surface area contributed by atoms with E-state index in [2.05, 4.69) is 20.9 Å². The Morgan fingerprint density at radius 3 is 2.62 bits per heavy atom. The lowest BCUT2D eigenvalue weighted by Crippen LogP contribution is -2.44. The Bertz CT molecular complexity index is 494. The van der Waals surface area contributed by atoms with E-state index in [0.717, 1.165) is 23.2 Å². The van der Waals surface area contributed by atoms with Crippen LogP contribution in [0.2, 0.25) is 0 Å². The van der Waals surface area contributed by atoms with Gasteiger partial charge in [0.25, 0.3) is 0 Å². The lowest BCUT2D eigenvalue weighted by Gasteiger charge is -2.33. The lowest BCUT2D eigenvalue weighted by atomic mass is 10.1. The van der Waals surface area contributed by atoms with E-state index in [-0.39, 0.29) is 12.2 Å². The Morgan fingerprint density at radius 2 is 2.05 bits per heavy atom. The first kappa shape index (κ1) is 16.1. The van der Waals surface area contributed by atoms with Gasteiger partial charge in [0.15, 0.2) is 0 Å². The van der Waals surface area contributed by atoms with Gasteiger partial charge < -0.3 is 14.4 Å². The van der Waals surface area contributed by atoms with E-state index in [4.69, 9.17) is 9.47 Å². The van der Waals surface area contributed by atoms with Crippen LogP contribution in [0.1, 0.15) is 33.6 Å². The third kappa shape index (κ3) is 5.19. The molecule has 21 heavy (non-hydrogen) atoms. The minimum Gasteiger partial charge on any atom is -0.490 e. The molecule has 1 aromatic heterocycles. The average Bonchev–Trinajstić information content (AvgIpc) is 2.37. The summed E-state index contributed by atoms with van der Waals surface area (Å²) in [6.07, 6.45) is 3.19. The summed E-state index contributed by atoms with van der Waals surface area (Å²) < 4.78 is 12.1. The molecule has 2 rings (SSSR count). The number of hydrogen-bond acceptors (Lipinski definition) is 4. The molecule has 0 unspecified atom stereocenters. The van der Waals surface area contributed by atoms with Crippen molar-refractivity contribution >= 4 is 22.0 Å². The van der Waals surface area contributed by atoms with Crippen LogP contribution < -0.4 is 4.74 Å². The number of aromatic nitrogens is 1. The molecule has 0 aromatic carbocycles. The Labute approximate surface area is 133 Å². The highest BCUT2D eigenvalue weighted by Gasteiger charge is 2.27. The number of amides is 1. The van der Waals surface area contributed by atoms with Gasteiger partial charge in [0, 0.05) is 38.2 Å². The molecule has 1 saturated heterocycles. The van der Waals surface area contributed by atoms with E-state index >= 15 is 0 Å². The molecule has 5 nitrogen and oxygen atoms in total. The molecule has 0 atom stereocenters. The molecule has 2 heterocycles. The predicted octanol–water partition coefficient (Wildman–Crippen LogP) is 3.62. The first-order chi connectivity index (χ1) is 9.83. The molecule has 6 heteroatoms. The number of carbonyl (C=O) groups is 1. The smallest absolute Gasteiger partial charge is 0.410 e. The molecular weight excluding hydrogens is 336 g/mol. The van der Waals surface area contributed by atoms with Crippen molar-refractivity contribution in [1.82, 2.24) is 9.88 Å². The van der Waals surface area contributed by atoms with Gasteiger partial charge >= 0.3 is 6.09 Å². The van der Waals surface area contributed by atoms with Gasteiger partial charge in [-0.2, -0.15) is 0 Å². The van der Waals surface area contributed by atoms with Crippen molar-refractivity contribution in [2.75, 3.05) is 13.1 Å². The van der Waals surface area contributed by atoms with E-state index < -0.39 is 5.60 Å². The SMILES string of the molecule is CC(C)(C)OC(=O)N1CCC(Oc2ccnc(Br)c2)CC1. The van der Waals surface area contributed by atoms with Gasteiger partial charge in [-0.15, -0.1) is 0 Å². The highest BCUT2D eigenvalue weighted by molar-refractivity contribution is 9.10. The second-order valence-corrected chi connectivity index (χ2v) is 6.91. The van der Waals surface area contributed by atoms with Crippen molar-refractivity contribution in [1.29, 1.82) is 0 Å². The van der Waals surface area contributed by atoms with Crippen LogP contribution in [0.4, 0.5) is 4.79 Å². The molecule has 1 fully saturated rings. The summed E-state index contributed by atoms with van der Waals surface area (Å²) >= 11 is 3.32. The Hall–Kier alpha value is -1.30. The van der Waals surface area contributed by atoms with Gasteiger partial charge in [-0.3, -0.25) is 0 Å². The van der Waals surface area contributed by atoms with Gasteiger partial charge in [0.05, 0.1) is 0 Å². The highest BCUT2D eigenvalue weighted by atomic mass is 79.9. The van der Waals surface area contributed by atoms with Gasteiger partial charge in [0.2, 0.25) is 0 Å². The molecule has 0 aliphatic carbocycles. The van der Waals surface area contributed by atoms with Crippen molar-refractivity contribution in [3.8, 4) is 5.75 Å². The Balaban J connectivity index is 1.82. The molecule has 1 aliphatic heterocycles. The molecular formula is C15H21BrN2O3. The number of carbonyl (C=O) groups excluding carboxylic acids is 1. The first-order valence-electron chi connectivity index (χ1n) is 7.09. The van der Waals surface area contributed by atoms with Crippen LogP contribution in [0.25, 0.3) is 0 Å². The zero-order chi connectivity index (χ0) is 15.5. The summed E-state index contributed by atoms with van der Waals surface area (Å²) in [6.45, 7) is 6.95. The van der Waals surface area contributed by atoms with E-state index in [1.165, 1.54) is 0 Å². The Morgan fingerprint density at radius 1 is 1.38 bits per heavy atom. The van der Waals surface area contributed by atoms with E-state index in [0.29, 0.717) is 13.1 Å². The molecule has 1 aromatic rings. The number of ether oxygens (including phenoxy) is 2. The molecule has 0 N–H and O–H groups in total. The minimum atomic E-state index is -0.451. The quantitative estimate of drug-likeness (QED) is 0.759. The van der Waals surface area contributed by atoms with Crippen molar-refractivity contribution in [2.45, 2.75) is 45.3 Å². The summed E-state index contributed by atoms with van der Waals surface area (Å²) in [4.78, 5) is 17.8. The van der Waals surface area contributed by atoms with Gasteiger partial charge in [-0.1, -0.05) is 0 Å². The second-order valence-electron chi connectivity index (χ2n) is 6.10. The molecule has 0 radical (unpaired) electrons. The van der Waals surface area contributed by atoms with Crippen molar-refractivity contribution in [3.05, 3.63) is 22.9 Å². The van der Waals surface area contributed by atoms with Crippen LogP contribution in [0.15, 0.2) is 22.9 Å². The van der Waals surface area contributed by atoms with Crippen molar-refractivity contribution in [3.63, 3.8) is 0 Å². The summed E-state index contributed by atoms with van der Waals surface area (Å²) in [7, 11) is 0. The number of rotatable bonds is 2. The van der Waals surface area contributed by atoms with Crippen LogP contribution in [-0.2, 0) is 4.74 Å². The number of hydrogen-bond donors (Lipinski definition) is 0. The second kappa shape index (κ2) is 6.64. The van der Waals surface area contributed by atoms with E-state index in [1.807, 2.05) is 32.9 Å². The fourth-order valence-corrected chi connectivity index (χ4v) is 2.48. The van der Waals surface area contributed by atoms with E-state index in [9.17, 15) is 4.79 Å². The number of nitrogens with zero attached hydrogens (tertiary/aromatic N) is 2. The Kier molecular flexibility index (Phi) is 5.08. The van der Waals surface area contributed by atoms with Crippen molar-refractivity contribution in [2.24, 2.45) is 0 Å². The van der Waals surface area contributed by atoms with Gasteiger partial charge in [0.1, 0.15) is 22.1 Å². The number of halogens is 1. The monoisotopic (exact) mass is 356 g/mol. The number of piperidine rings is 1. The van der Waals surface area contributed by atoms with Crippen LogP contribution in [0.3, 0.4) is 0 Å². The fourth-order valence-electron chi connectivity index (χ4n) is 2.13. The molecule has 0 bridgehead atoms. The molecule has 1 amide bonds. The zero-order valence-corrected chi connectivity index (χ0v) is 14.2. The normalized spacial score (nSPS) is 16.7. The summed E-state index contributed by atoms with van der Waals surface area (Å²) in [6, 6.07) is 3.69. The maximum Gasteiger partial charge on any atom is 0.410 e. The predicted molar refractivity (Wildman–Crippen MR) is 83.4 cm³/mol. The maximum atomic E-state index is 12.0. The van der Waals surface area contributed by atoms with Crippen LogP contribution in [0, 0.1) is 0 Å². The standard InChI is InChI=1S/C15H21BrN2O3/c1-15(2,3)21-14(19)18-8-5-11(6-9-18)20-12-4-7-17-13(16)10-12/h4,7,10-11H,5-6,8-9H2,1-3H3. The summed E-state index contributed by atoms with van der Waals surface area (Å²) in [5.74, 6) is 0.799. The van der Waals surface area contributed by atoms with E-state index in [1.54, 1.807) is 11.1 Å². The third-order valence-corrected chi connectivity index (χ3v) is 3.53. The number of pyridine rings is 1. The average molecular weight is 357 g/mol. The van der Waals surface area contributed by atoms with Gasteiger partial charge in [-0.05, 0) is 42.8 Å². The fraction of sp³-hybridized carbons (Fsp3) is 0.600. The summed E-state index contributed by atoms with van der Waals surface area (Å²) in [5, 5.41) is 0. The van der Waals surface area contributed by atoms with Crippen LogP contribution >= 0.6 is 15.9 Å². The van der Waals surface area contributed by atoms with Crippen molar-refractivity contribution < 1.29 is 14.3 Å². The largest absolute Gasteiger partial charge is 0.490 e. The first-order valence-corrected chi connectivity index (χ1v) is 7.89. The van der Waals surface area contributed by atoms with Gasteiger partial charge in [-0.25, -0.2) is 9.78 Å². The third-order valence-electron chi connectivity index (χ3n) is 3.09. The van der Waals surface area contributed by atoms with Crippen LogP contribution in [0.5, 0.6) is 5.75 Å². The molecule has 116 valence electrons. The number of likely N-dealkylation sites (tertiary alicyclic amines) is 1. The lowest BCUT2D eigenvalue weighted by molar-refractivity contribution is 0.0126. The topological polar surface area (TPSA) is 51.7 Å². The zero-order valence-electron chi connectivity index (χ0n) is 12.6. The maximum absolute atomic E-state index is 12.0. The summed E-state index contributed by atoms with van der Waals surface area (Å²) in [5.41, 5.74) is -0.451. The molecule has 0 spiro atoms. The minimum absolute atomic E-state index is 0.123. The highest BCUT2D eigenvalue weighted by Crippen LogP contribution is 2.22. The molecule has 0 saturated carbocycles. The molecule has 1 aliphatic rings.